The van der Waals surface area contributed by atoms with Crippen molar-refractivity contribution in [3.8, 4) is 11.5 Å². The summed E-state index contributed by atoms with van der Waals surface area (Å²) in [6, 6.07) is 25.0. The Morgan fingerprint density at radius 3 is 2.33 bits per heavy atom. The van der Waals surface area contributed by atoms with E-state index in [4.69, 9.17) is 9.47 Å². The number of aryl methyl sites for hydroxylation is 1. The van der Waals surface area contributed by atoms with Gasteiger partial charge in [0.1, 0.15) is 18.0 Å². The van der Waals surface area contributed by atoms with Gasteiger partial charge in [0.2, 0.25) is 5.91 Å². The first-order valence-corrected chi connectivity index (χ1v) is 15.1. The number of carbonyl (C=O) groups excluding carboxylic acids is 1. The van der Waals surface area contributed by atoms with Crippen LogP contribution in [0.15, 0.2) is 101 Å². The van der Waals surface area contributed by atoms with Gasteiger partial charge in [0.05, 0.1) is 24.8 Å². The van der Waals surface area contributed by atoms with Crippen molar-refractivity contribution in [1.29, 1.82) is 0 Å². The lowest BCUT2D eigenvalue weighted by atomic mass is 10.1. The second-order valence-corrected chi connectivity index (χ2v) is 12.0. The van der Waals surface area contributed by atoms with E-state index in [0.29, 0.717) is 11.4 Å². The van der Waals surface area contributed by atoms with E-state index in [1.807, 2.05) is 49.4 Å². The maximum Gasteiger partial charge on any atom is 0.289 e. The third-order valence-corrected chi connectivity index (χ3v) is 9.18. The van der Waals surface area contributed by atoms with E-state index in [1.54, 1.807) is 17.8 Å². The predicted molar refractivity (Wildman–Crippen MR) is 163 cm³/mol. The number of hydrogen-bond donors (Lipinski definition) is 1. The Balaban J connectivity index is 1.63. The van der Waals surface area contributed by atoms with Crippen molar-refractivity contribution in [3.63, 3.8) is 0 Å². The molecule has 0 aliphatic heterocycles. The first-order chi connectivity index (χ1) is 20.1. The zero-order valence-electron chi connectivity index (χ0n) is 23.1. The summed E-state index contributed by atoms with van der Waals surface area (Å²) in [6.45, 7) is 1.17. The largest absolute Gasteiger partial charge is 0.497 e. The van der Waals surface area contributed by atoms with Gasteiger partial charge in [-0.2, -0.15) is 0 Å². The Morgan fingerprint density at radius 2 is 1.67 bits per heavy atom. The summed E-state index contributed by atoms with van der Waals surface area (Å²) < 4.78 is 39.3. The third-order valence-electron chi connectivity index (χ3n) is 6.29. The summed E-state index contributed by atoms with van der Waals surface area (Å²) in [5.74, 6) is 0.577. The second-order valence-electron chi connectivity index (χ2n) is 9.07. The van der Waals surface area contributed by atoms with Crippen LogP contribution >= 0.6 is 11.8 Å². The number of sulfonamides is 1. The molecule has 0 radical (unpaired) electrons. The fraction of sp³-hybridized carbons (Fsp3) is 0.167. The summed E-state index contributed by atoms with van der Waals surface area (Å²) >= 11 is 1.69. The fourth-order valence-corrected chi connectivity index (χ4v) is 6.65. The standard InChI is InChI=1S/C30H29N3O7S2/c1-21-17-22(20-41-24-9-5-4-6-10-24)13-15-25(21)31-30(34)19-32(26-16-14-23(39-2)18-28(26)40-3)42(37,38)29-12-8-7-11-27(29)33(35)36/h4-18H,19-20H2,1-3H3,(H,31,34). The molecule has 0 aromatic heterocycles. The van der Waals surface area contributed by atoms with Crippen LogP contribution in [0.25, 0.3) is 0 Å². The molecule has 0 spiro atoms. The Bertz CT molecular complexity index is 1700. The molecule has 0 bridgehead atoms. The highest BCUT2D eigenvalue weighted by atomic mass is 32.2. The number of amides is 1. The average molecular weight is 608 g/mol. The molecule has 10 nitrogen and oxygen atoms in total. The summed E-state index contributed by atoms with van der Waals surface area (Å²) in [5, 5.41) is 14.5. The molecule has 1 amide bonds. The van der Waals surface area contributed by atoms with E-state index in [0.717, 1.165) is 38.2 Å². The first-order valence-electron chi connectivity index (χ1n) is 12.7. The van der Waals surface area contributed by atoms with Gasteiger partial charge >= 0.3 is 0 Å². The van der Waals surface area contributed by atoms with Crippen molar-refractivity contribution in [3.05, 3.63) is 112 Å². The number of nitrogens with zero attached hydrogens (tertiary/aromatic N) is 2. The van der Waals surface area contributed by atoms with Crippen molar-refractivity contribution in [2.45, 2.75) is 22.5 Å². The van der Waals surface area contributed by atoms with Gasteiger partial charge in [-0.1, -0.05) is 42.5 Å². The zero-order valence-corrected chi connectivity index (χ0v) is 24.8. The first kappa shape index (κ1) is 30.4. The number of anilines is 2. The highest BCUT2D eigenvalue weighted by Crippen LogP contribution is 2.37. The molecule has 0 aliphatic carbocycles. The van der Waals surface area contributed by atoms with E-state index in [9.17, 15) is 23.3 Å². The number of hydrogen-bond acceptors (Lipinski definition) is 8. The number of rotatable bonds is 12. The molecular weight excluding hydrogens is 578 g/mol. The maximum absolute atomic E-state index is 13.9. The van der Waals surface area contributed by atoms with Crippen LogP contribution in [0.2, 0.25) is 0 Å². The predicted octanol–water partition coefficient (Wildman–Crippen LogP) is 6.05. The number of nitro benzene ring substituents is 1. The highest BCUT2D eigenvalue weighted by molar-refractivity contribution is 7.98. The molecule has 0 heterocycles. The molecule has 4 rings (SSSR count). The smallest absolute Gasteiger partial charge is 0.289 e. The molecule has 0 saturated carbocycles. The molecule has 0 fully saturated rings. The van der Waals surface area contributed by atoms with Crippen molar-refractivity contribution >= 4 is 44.8 Å². The van der Waals surface area contributed by atoms with Crippen molar-refractivity contribution in [2.24, 2.45) is 0 Å². The number of para-hydroxylation sites is 1. The number of nitro groups is 1. The van der Waals surface area contributed by atoms with Crippen LogP contribution in [0.5, 0.6) is 11.5 Å². The molecule has 0 atom stereocenters. The van der Waals surface area contributed by atoms with Crippen LogP contribution in [-0.4, -0.2) is 40.0 Å². The normalized spacial score (nSPS) is 11.0. The number of methoxy groups -OCH3 is 2. The van der Waals surface area contributed by atoms with E-state index in [2.05, 4.69) is 5.32 Å². The lowest BCUT2D eigenvalue weighted by molar-refractivity contribution is -0.387. The average Bonchev–Trinajstić information content (AvgIpc) is 3.00. The molecule has 0 unspecified atom stereocenters. The highest BCUT2D eigenvalue weighted by Gasteiger charge is 2.34. The summed E-state index contributed by atoms with van der Waals surface area (Å²) in [5.41, 5.74) is 1.76. The summed E-state index contributed by atoms with van der Waals surface area (Å²) in [7, 11) is -1.83. The number of carbonyl (C=O) groups is 1. The number of thioether (sulfide) groups is 1. The zero-order chi connectivity index (χ0) is 30.3. The second kappa shape index (κ2) is 13.4. The van der Waals surface area contributed by atoms with Crippen LogP contribution in [-0.2, 0) is 20.6 Å². The Labute approximate surface area is 248 Å². The summed E-state index contributed by atoms with van der Waals surface area (Å²) in [6.07, 6.45) is 0. The minimum absolute atomic E-state index is 0.0107. The SMILES string of the molecule is COc1ccc(N(CC(=O)Nc2ccc(CSc3ccccc3)cc2C)S(=O)(=O)c2ccccc2[N+](=O)[O-])c(OC)c1. The van der Waals surface area contributed by atoms with Gasteiger partial charge in [0.25, 0.3) is 15.7 Å². The Hall–Kier alpha value is -4.55. The van der Waals surface area contributed by atoms with Crippen molar-refractivity contribution < 1.29 is 27.6 Å². The number of benzene rings is 4. The van der Waals surface area contributed by atoms with Crippen LogP contribution in [0.1, 0.15) is 11.1 Å². The van der Waals surface area contributed by atoms with Crippen molar-refractivity contribution in [1.82, 2.24) is 0 Å². The minimum atomic E-state index is -4.61. The fourth-order valence-electron chi connectivity index (χ4n) is 4.19. The van der Waals surface area contributed by atoms with Gasteiger partial charge in [-0.3, -0.25) is 19.2 Å². The third kappa shape index (κ3) is 7.01. The quantitative estimate of drug-likeness (QED) is 0.117. The molecule has 0 aliphatic rings. The van der Waals surface area contributed by atoms with Gasteiger partial charge in [0.15, 0.2) is 4.90 Å². The molecule has 4 aromatic rings. The van der Waals surface area contributed by atoms with Gasteiger partial charge in [0, 0.05) is 28.5 Å². The molecule has 12 heteroatoms. The van der Waals surface area contributed by atoms with Gasteiger partial charge in [-0.25, -0.2) is 8.42 Å². The molecular formula is C30H29N3O7S2. The van der Waals surface area contributed by atoms with E-state index in [1.165, 1.54) is 44.6 Å². The lowest BCUT2D eigenvalue weighted by Crippen LogP contribution is -2.38. The maximum atomic E-state index is 13.9. The monoisotopic (exact) mass is 607 g/mol. The molecule has 0 saturated heterocycles. The Kier molecular flexibility index (Phi) is 9.71. The number of nitrogens with one attached hydrogen (secondary N) is 1. The molecule has 1 N–H and O–H groups in total. The van der Waals surface area contributed by atoms with E-state index < -0.39 is 38.0 Å². The summed E-state index contributed by atoms with van der Waals surface area (Å²) in [4.78, 5) is 24.8. The van der Waals surface area contributed by atoms with Gasteiger partial charge in [-0.05, 0) is 54.4 Å². The van der Waals surface area contributed by atoms with Crippen LogP contribution in [0, 0.1) is 17.0 Å². The number of ether oxygens (including phenoxy) is 2. The molecule has 4 aromatic carbocycles. The Morgan fingerprint density at radius 1 is 0.952 bits per heavy atom. The van der Waals surface area contributed by atoms with E-state index in [-0.39, 0.29) is 11.4 Å². The topological polar surface area (TPSA) is 128 Å². The molecule has 42 heavy (non-hydrogen) atoms. The molecule has 218 valence electrons. The van der Waals surface area contributed by atoms with Crippen LogP contribution in [0.3, 0.4) is 0 Å². The van der Waals surface area contributed by atoms with Crippen molar-refractivity contribution in [2.75, 3.05) is 30.4 Å². The van der Waals surface area contributed by atoms with Gasteiger partial charge in [-0.15, -0.1) is 11.8 Å². The minimum Gasteiger partial charge on any atom is -0.497 e. The van der Waals surface area contributed by atoms with Gasteiger partial charge < -0.3 is 14.8 Å². The van der Waals surface area contributed by atoms with E-state index >= 15 is 0 Å². The lowest BCUT2D eigenvalue weighted by Gasteiger charge is -2.26. The van der Waals surface area contributed by atoms with Crippen LogP contribution in [0.4, 0.5) is 17.1 Å². The van der Waals surface area contributed by atoms with Crippen LogP contribution < -0.4 is 19.1 Å².